The minimum atomic E-state index is 0.375. The lowest BCUT2D eigenvalue weighted by molar-refractivity contribution is 0.195. The number of benzene rings is 1. The first-order valence-electron chi connectivity index (χ1n) is 8.72. The van der Waals surface area contributed by atoms with Crippen molar-refractivity contribution in [2.24, 2.45) is 0 Å². The minimum absolute atomic E-state index is 0.375. The van der Waals surface area contributed by atoms with Crippen LogP contribution < -0.4 is 10.2 Å². The Hall–Kier alpha value is -1.02. The normalized spacial score (nSPS) is 25.3. The molecule has 3 rings (SSSR count). The summed E-state index contributed by atoms with van der Waals surface area (Å²) in [7, 11) is 0. The molecule has 1 spiro atoms. The first-order chi connectivity index (χ1) is 10.1. The molecule has 0 bridgehead atoms. The van der Waals surface area contributed by atoms with E-state index in [4.69, 9.17) is 0 Å². The van der Waals surface area contributed by atoms with Crippen LogP contribution in [0.4, 0.5) is 5.69 Å². The maximum Gasteiger partial charge on any atom is 0.0413 e. The predicted octanol–water partition coefficient (Wildman–Crippen LogP) is 4.19. The third-order valence-corrected chi connectivity index (χ3v) is 5.58. The van der Waals surface area contributed by atoms with Crippen LogP contribution in [0.3, 0.4) is 0 Å². The summed E-state index contributed by atoms with van der Waals surface area (Å²) in [6.07, 6.45) is 8.13. The van der Waals surface area contributed by atoms with Crippen molar-refractivity contribution in [3.05, 3.63) is 29.3 Å². The van der Waals surface area contributed by atoms with Crippen molar-refractivity contribution in [3.8, 4) is 0 Å². The van der Waals surface area contributed by atoms with E-state index in [1.165, 1.54) is 61.9 Å². The Balaban J connectivity index is 1.90. The van der Waals surface area contributed by atoms with E-state index >= 15 is 0 Å². The van der Waals surface area contributed by atoms with E-state index in [-0.39, 0.29) is 0 Å². The molecule has 1 N–H and O–H groups in total. The van der Waals surface area contributed by atoms with Crippen LogP contribution in [-0.4, -0.2) is 24.7 Å². The van der Waals surface area contributed by atoms with Crippen LogP contribution in [0.5, 0.6) is 0 Å². The molecule has 0 aromatic heterocycles. The molecule has 1 heterocycles. The van der Waals surface area contributed by atoms with Gasteiger partial charge in [0.1, 0.15) is 0 Å². The van der Waals surface area contributed by atoms with Gasteiger partial charge < -0.3 is 10.2 Å². The Morgan fingerprint density at radius 1 is 1.19 bits per heavy atom. The first-order valence-corrected chi connectivity index (χ1v) is 8.72. The molecule has 1 saturated heterocycles. The van der Waals surface area contributed by atoms with Gasteiger partial charge in [-0.1, -0.05) is 38.3 Å². The Labute approximate surface area is 129 Å². The summed E-state index contributed by atoms with van der Waals surface area (Å²) >= 11 is 0. The quantitative estimate of drug-likeness (QED) is 0.877. The van der Waals surface area contributed by atoms with Gasteiger partial charge in [-0.2, -0.15) is 0 Å². The van der Waals surface area contributed by atoms with Gasteiger partial charge in [0.2, 0.25) is 0 Å². The van der Waals surface area contributed by atoms with Gasteiger partial charge >= 0.3 is 0 Å². The summed E-state index contributed by atoms with van der Waals surface area (Å²) in [5.41, 5.74) is 4.64. The smallest absolute Gasteiger partial charge is 0.0413 e. The fourth-order valence-electron chi connectivity index (χ4n) is 4.19. The van der Waals surface area contributed by atoms with Gasteiger partial charge in [-0.3, -0.25) is 0 Å². The van der Waals surface area contributed by atoms with E-state index in [9.17, 15) is 0 Å². The molecular weight excluding hydrogens is 256 g/mol. The van der Waals surface area contributed by atoms with E-state index in [1.807, 2.05) is 0 Å². The zero-order valence-corrected chi connectivity index (χ0v) is 13.9. The molecule has 1 aromatic rings. The molecule has 1 unspecified atom stereocenters. The summed E-state index contributed by atoms with van der Waals surface area (Å²) in [5.74, 6) is 0. The van der Waals surface area contributed by atoms with E-state index in [1.54, 1.807) is 0 Å². The number of nitrogens with zero attached hydrogens (tertiary/aromatic N) is 1. The van der Waals surface area contributed by atoms with Gasteiger partial charge in [-0.05, 0) is 50.3 Å². The monoisotopic (exact) mass is 286 g/mol. The first kappa shape index (κ1) is 14.9. The summed E-state index contributed by atoms with van der Waals surface area (Å²) in [5, 5.41) is 3.93. The van der Waals surface area contributed by atoms with Gasteiger partial charge in [-0.25, -0.2) is 0 Å². The molecular formula is C19H30N2. The summed E-state index contributed by atoms with van der Waals surface area (Å²) in [6.45, 7) is 9.13. The lowest BCUT2D eigenvalue weighted by Gasteiger charge is -2.51. The fraction of sp³-hybridized carbons (Fsp3) is 0.684. The number of anilines is 1. The number of hydrogen-bond donors (Lipinski definition) is 1. The lowest BCUT2D eigenvalue weighted by Crippen LogP contribution is -2.65. The lowest BCUT2D eigenvalue weighted by atomic mass is 9.79. The maximum atomic E-state index is 3.93. The molecule has 2 aliphatic rings. The van der Waals surface area contributed by atoms with Crippen LogP contribution in [0.2, 0.25) is 0 Å². The van der Waals surface area contributed by atoms with Gasteiger partial charge in [0, 0.05) is 30.4 Å². The SMILES string of the molecule is CCC1CNC2(CCCCC2)CN1c1cc(C)ccc1C. The number of rotatable bonds is 2. The van der Waals surface area contributed by atoms with Crippen molar-refractivity contribution in [2.75, 3.05) is 18.0 Å². The Bertz CT molecular complexity index is 488. The molecule has 0 radical (unpaired) electrons. The predicted molar refractivity (Wildman–Crippen MR) is 91.2 cm³/mol. The molecule has 1 saturated carbocycles. The van der Waals surface area contributed by atoms with Gasteiger partial charge in [0.25, 0.3) is 0 Å². The van der Waals surface area contributed by atoms with Crippen LogP contribution in [0, 0.1) is 13.8 Å². The van der Waals surface area contributed by atoms with Crippen molar-refractivity contribution in [3.63, 3.8) is 0 Å². The topological polar surface area (TPSA) is 15.3 Å². The van der Waals surface area contributed by atoms with Crippen LogP contribution in [0.1, 0.15) is 56.6 Å². The number of hydrogen-bond acceptors (Lipinski definition) is 2. The molecule has 1 atom stereocenters. The molecule has 2 heteroatoms. The summed E-state index contributed by atoms with van der Waals surface area (Å²) in [6, 6.07) is 7.54. The standard InChI is InChI=1S/C19H30N2/c1-4-17-13-20-19(10-6-5-7-11-19)14-21(17)18-12-15(2)8-9-16(18)3/h8-9,12,17,20H,4-7,10-11,13-14H2,1-3H3. The van der Waals surface area contributed by atoms with Gasteiger partial charge in [0.15, 0.2) is 0 Å². The zero-order chi connectivity index (χ0) is 14.9. The van der Waals surface area contributed by atoms with Crippen LogP contribution in [0.25, 0.3) is 0 Å². The number of piperazine rings is 1. The number of nitrogens with one attached hydrogen (secondary N) is 1. The highest BCUT2D eigenvalue weighted by atomic mass is 15.3. The van der Waals surface area contributed by atoms with Crippen molar-refractivity contribution in [2.45, 2.75) is 70.9 Å². The molecule has 0 amide bonds. The second-order valence-electron chi connectivity index (χ2n) is 7.20. The van der Waals surface area contributed by atoms with E-state index in [0.29, 0.717) is 11.6 Å². The molecule has 21 heavy (non-hydrogen) atoms. The van der Waals surface area contributed by atoms with Crippen LogP contribution in [0.15, 0.2) is 18.2 Å². The summed E-state index contributed by atoms with van der Waals surface area (Å²) in [4.78, 5) is 2.71. The minimum Gasteiger partial charge on any atom is -0.365 e. The third-order valence-electron chi connectivity index (χ3n) is 5.58. The van der Waals surface area contributed by atoms with Crippen LogP contribution >= 0.6 is 0 Å². The van der Waals surface area contributed by atoms with Gasteiger partial charge in [0.05, 0.1) is 0 Å². The molecule has 2 fully saturated rings. The van der Waals surface area contributed by atoms with E-state index in [2.05, 4.69) is 49.2 Å². The molecule has 2 nitrogen and oxygen atoms in total. The Morgan fingerprint density at radius 2 is 1.95 bits per heavy atom. The Morgan fingerprint density at radius 3 is 2.67 bits per heavy atom. The second kappa shape index (κ2) is 6.00. The van der Waals surface area contributed by atoms with Crippen molar-refractivity contribution >= 4 is 5.69 Å². The van der Waals surface area contributed by atoms with Crippen LogP contribution in [-0.2, 0) is 0 Å². The average molecular weight is 286 g/mol. The second-order valence-corrected chi connectivity index (χ2v) is 7.20. The van der Waals surface area contributed by atoms with Crippen molar-refractivity contribution in [1.82, 2.24) is 5.32 Å². The molecule has 1 aromatic carbocycles. The average Bonchev–Trinajstić information content (AvgIpc) is 2.50. The summed E-state index contributed by atoms with van der Waals surface area (Å²) < 4.78 is 0. The number of aryl methyl sites for hydroxylation is 2. The van der Waals surface area contributed by atoms with E-state index in [0.717, 1.165) is 6.54 Å². The highest BCUT2D eigenvalue weighted by molar-refractivity contribution is 5.56. The fourth-order valence-corrected chi connectivity index (χ4v) is 4.19. The largest absolute Gasteiger partial charge is 0.365 e. The molecule has 1 aliphatic heterocycles. The van der Waals surface area contributed by atoms with Crippen molar-refractivity contribution < 1.29 is 0 Å². The molecule has 116 valence electrons. The Kier molecular flexibility index (Phi) is 4.26. The van der Waals surface area contributed by atoms with Gasteiger partial charge in [-0.15, -0.1) is 0 Å². The molecule has 1 aliphatic carbocycles. The zero-order valence-electron chi connectivity index (χ0n) is 13.9. The third kappa shape index (κ3) is 2.96. The highest BCUT2D eigenvalue weighted by Crippen LogP contribution is 2.35. The van der Waals surface area contributed by atoms with E-state index < -0.39 is 0 Å². The van der Waals surface area contributed by atoms with Crippen molar-refractivity contribution in [1.29, 1.82) is 0 Å². The maximum absolute atomic E-state index is 3.93. The highest BCUT2D eigenvalue weighted by Gasteiger charge is 2.39.